The number of ether oxygens (including phenoxy) is 1. The van der Waals surface area contributed by atoms with E-state index in [1.54, 1.807) is 30.6 Å². The molecule has 0 unspecified atom stereocenters. The van der Waals surface area contributed by atoms with E-state index in [2.05, 4.69) is 35.9 Å². The Balaban J connectivity index is 1.12. The van der Waals surface area contributed by atoms with Gasteiger partial charge in [-0.15, -0.1) is 0 Å². The zero-order valence-electron chi connectivity index (χ0n) is 30.7. The van der Waals surface area contributed by atoms with Crippen molar-refractivity contribution in [1.82, 2.24) is 35.5 Å². The number of piperazine rings is 1. The molecule has 54 heavy (non-hydrogen) atoms. The SMILES string of the molecule is CC(C)(C)OC(=O)NCC1CCC(C(=O)N[C@@H](Cc2cccc(-c3cnc(N4CCN(C(=O)O)CC4)nc3)c2)C(=O)Nc2ccc3[nH]c(=O)[nH]c3c2)CC1. The number of H-pyrrole nitrogens is 2. The third-order valence-corrected chi connectivity index (χ3v) is 9.74. The zero-order valence-corrected chi connectivity index (χ0v) is 30.7. The van der Waals surface area contributed by atoms with Gasteiger partial charge in [0.2, 0.25) is 17.8 Å². The molecule has 6 rings (SSSR count). The fourth-order valence-electron chi connectivity index (χ4n) is 6.85. The molecular formula is C38H47N9O7. The lowest BCUT2D eigenvalue weighted by Crippen LogP contribution is -2.48. The Morgan fingerprint density at radius 1 is 0.926 bits per heavy atom. The van der Waals surface area contributed by atoms with Gasteiger partial charge < -0.3 is 45.6 Å². The summed E-state index contributed by atoms with van der Waals surface area (Å²) in [5.74, 6) is -0.151. The molecule has 4 aromatic rings. The fraction of sp³-hybridized carbons (Fsp3) is 0.447. The minimum Gasteiger partial charge on any atom is -0.465 e. The maximum Gasteiger partial charge on any atom is 0.407 e. The third-order valence-electron chi connectivity index (χ3n) is 9.74. The summed E-state index contributed by atoms with van der Waals surface area (Å²) in [5.41, 5.74) is 3.09. The largest absolute Gasteiger partial charge is 0.465 e. The van der Waals surface area contributed by atoms with Crippen LogP contribution >= 0.6 is 0 Å². The van der Waals surface area contributed by atoms with E-state index >= 15 is 0 Å². The number of benzene rings is 2. The summed E-state index contributed by atoms with van der Waals surface area (Å²) >= 11 is 0. The summed E-state index contributed by atoms with van der Waals surface area (Å²) in [6.45, 7) is 7.67. The van der Waals surface area contributed by atoms with Gasteiger partial charge in [-0.25, -0.2) is 24.4 Å². The van der Waals surface area contributed by atoms with Gasteiger partial charge in [-0.05, 0) is 81.7 Å². The first-order valence-corrected chi connectivity index (χ1v) is 18.2. The molecule has 6 N–H and O–H groups in total. The molecule has 286 valence electrons. The summed E-state index contributed by atoms with van der Waals surface area (Å²) in [6.07, 6.45) is 5.00. The number of hydrogen-bond acceptors (Lipinski definition) is 9. The van der Waals surface area contributed by atoms with E-state index in [0.717, 1.165) is 29.5 Å². The predicted molar refractivity (Wildman–Crippen MR) is 202 cm³/mol. The monoisotopic (exact) mass is 741 g/mol. The Labute approximate surface area is 312 Å². The van der Waals surface area contributed by atoms with Gasteiger partial charge in [-0.1, -0.05) is 24.3 Å². The van der Waals surface area contributed by atoms with E-state index in [-0.39, 0.29) is 29.9 Å². The summed E-state index contributed by atoms with van der Waals surface area (Å²) < 4.78 is 5.34. The number of carboxylic acid groups (broad SMARTS) is 1. The van der Waals surface area contributed by atoms with E-state index in [4.69, 9.17) is 4.74 Å². The average molecular weight is 742 g/mol. The highest BCUT2D eigenvalue weighted by Gasteiger charge is 2.30. The Morgan fingerprint density at radius 3 is 2.31 bits per heavy atom. The van der Waals surface area contributed by atoms with Crippen LogP contribution in [0.4, 0.5) is 21.2 Å². The maximum absolute atomic E-state index is 13.9. The molecule has 16 nitrogen and oxygen atoms in total. The van der Waals surface area contributed by atoms with Crippen LogP contribution in [0.1, 0.15) is 52.0 Å². The topological polar surface area (TPSA) is 215 Å². The second kappa shape index (κ2) is 16.4. The highest BCUT2D eigenvalue weighted by molar-refractivity contribution is 5.98. The molecule has 2 aromatic heterocycles. The van der Waals surface area contributed by atoms with Crippen LogP contribution in [0.15, 0.2) is 59.7 Å². The van der Waals surface area contributed by atoms with Gasteiger partial charge in [-0.2, -0.15) is 0 Å². The number of nitrogens with one attached hydrogen (secondary N) is 5. The second-order valence-corrected chi connectivity index (χ2v) is 14.9. The quantitative estimate of drug-likeness (QED) is 0.137. The molecule has 1 atom stereocenters. The maximum atomic E-state index is 13.9. The van der Waals surface area contributed by atoms with Crippen LogP contribution in [-0.2, 0) is 20.7 Å². The molecule has 3 heterocycles. The minimum atomic E-state index is -0.936. The van der Waals surface area contributed by atoms with Crippen LogP contribution in [0.25, 0.3) is 22.2 Å². The lowest BCUT2D eigenvalue weighted by Gasteiger charge is -2.33. The first-order valence-electron chi connectivity index (χ1n) is 18.2. The van der Waals surface area contributed by atoms with Crippen molar-refractivity contribution in [3.8, 4) is 11.1 Å². The number of fused-ring (bicyclic) bond motifs is 1. The molecule has 1 aliphatic heterocycles. The van der Waals surface area contributed by atoms with E-state index in [1.165, 1.54) is 4.90 Å². The number of rotatable bonds is 10. The van der Waals surface area contributed by atoms with Gasteiger partial charge in [0.15, 0.2) is 0 Å². The van der Waals surface area contributed by atoms with Crippen molar-refractivity contribution in [1.29, 1.82) is 0 Å². The summed E-state index contributed by atoms with van der Waals surface area (Å²) in [6, 6.07) is 11.8. The van der Waals surface area contributed by atoms with Gasteiger partial charge in [0.05, 0.1) is 11.0 Å². The van der Waals surface area contributed by atoms with Gasteiger partial charge in [0.25, 0.3) is 0 Å². The third kappa shape index (κ3) is 9.93. The normalized spacial score (nSPS) is 18.1. The fourth-order valence-corrected chi connectivity index (χ4v) is 6.85. The summed E-state index contributed by atoms with van der Waals surface area (Å²) in [7, 11) is 0. The Bertz CT molecular complexity index is 2020. The van der Waals surface area contributed by atoms with Crippen LogP contribution in [0.2, 0.25) is 0 Å². The molecule has 16 heteroatoms. The van der Waals surface area contributed by atoms with Crippen molar-refractivity contribution in [3.05, 3.63) is 70.9 Å². The molecule has 2 aliphatic rings. The van der Waals surface area contributed by atoms with Crippen molar-refractivity contribution < 1.29 is 29.0 Å². The van der Waals surface area contributed by atoms with Crippen LogP contribution in [-0.4, -0.2) is 98.3 Å². The molecule has 1 saturated carbocycles. The van der Waals surface area contributed by atoms with Crippen LogP contribution in [0.3, 0.4) is 0 Å². The molecule has 0 spiro atoms. The second-order valence-electron chi connectivity index (χ2n) is 14.9. The van der Waals surface area contributed by atoms with Crippen LogP contribution in [0.5, 0.6) is 0 Å². The number of anilines is 2. The lowest BCUT2D eigenvalue weighted by molar-refractivity contribution is -0.130. The molecule has 4 amide bonds. The van der Waals surface area contributed by atoms with Crippen molar-refractivity contribution >= 4 is 46.7 Å². The average Bonchev–Trinajstić information content (AvgIpc) is 3.52. The summed E-state index contributed by atoms with van der Waals surface area (Å²) in [5, 5.41) is 18.0. The molecule has 1 saturated heterocycles. The van der Waals surface area contributed by atoms with Gasteiger partial charge >= 0.3 is 17.9 Å². The summed E-state index contributed by atoms with van der Waals surface area (Å²) in [4.78, 5) is 80.5. The standard InChI is InChI=1S/C38H47N9O7/c1-38(2,3)54-36(51)41-20-23-7-9-25(10-8-23)32(48)43-31(33(49)42-28-11-12-29-30(19-28)45-35(50)44-29)18-24-5-4-6-26(17-24)27-21-39-34(40-22-27)46-13-15-47(16-14-46)37(52)53/h4-6,11-12,17,19,21-23,25,31H,7-10,13-16,18,20H2,1-3H3,(H,41,51)(H,42,49)(H,43,48)(H,52,53)(H2,44,45,50)/t23?,25?,31-/m0/s1. The van der Waals surface area contributed by atoms with E-state index in [1.807, 2.05) is 49.9 Å². The van der Waals surface area contributed by atoms with E-state index < -0.39 is 29.7 Å². The van der Waals surface area contributed by atoms with Crippen molar-refractivity contribution in [2.75, 3.05) is 42.9 Å². The number of hydrogen-bond donors (Lipinski definition) is 6. The molecule has 0 radical (unpaired) electrons. The highest BCUT2D eigenvalue weighted by atomic mass is 16.6. The first-order chi connectivity index (χ1) is 25.8. The van der Waals surface area contributed by atoms with Crippen molar-refractivity contribution in [2.24, 2.45) is 11.8 Å². The number of aromatic amines is 2. The molecule has 0 bridgehead atoms. The zero-order chi connectivity index (χ0) is 38.4. The number of carbonyl (C=O) groups excluding carboxylic acids is 3. The van der Waals surface area contributed by atoms with Gasteiger partial charge in [-0.3, -0.25) is 9.59 Å². The minimum absolute atomic E-state index is 0.205. The first kappa shape index (κ1) is 37.8. The number of amides is 4. The van der Waals surface area contributed by atoms with Gasteiger partial charge in [0, 0.05) is 68.7 Å². The Morgan fingerprint density at radius 2 is 1.63 bits per heavy atom. The number of aromatic nitrogens is 4. The van der Waals surface area contributed by atoms with Gasteiger partial charge in [0.1, 0.15) is 11.6 Å². The number of nitrogens with zero attached hydrogens (tertiary/aromatic N) is 4. The van der Waals surface area contributed by atoms with Crippen molar-refractivity contribution in [2.45, 2.75) is 64.5 Å². The van der Waals surface area contributed by atoms with E-state index in [0.29, 0.717) is 68.2 Å². The Hall–Kier alpha value is -5.93. The number of carbonyl (C=O) groups is 4. The van der Waals surface area contributed by atoms with Crippen LogP contribution in [0, 0.1) is 11.8 Å². The molecule has 2 aromatic carbocycles. The van der Waals surface area contributed by atoms with E-state index in [9.17, 15) is 29.1 Å². The molecular weight excluding hydrogens is 694 g/mol. The lowest BCUT2D eigenvalue weighted by atomic mass is 9.81. The molecule has 2 fully saturated rings. The smallest absolute Gasteiger partial charge is 0.407 e. The predicted octanol–water partition coefficient (Wildman–Crippen LogP) is 4.11. The number of imidazole rings is 1. The number of alkyl carbamates (subject to hydrolysis) is 1. The van der Waals surface area contributed by atoms with Crippen LogP contribution < -0.4 is 26.5 Å². The molecule has 1 aliphatic carbocycles. The highest BCUT2D eigenvalue weighted by Crippen LogP contribution is 2.29. The Kier molecular flexibility index (Phi) is 11.5. The van der Waals surface area contributed by atoms with Crippen molar-refractivity contribution in [3.63, 3.8) is 0 Å².